The van der Waals surface area contributed by atoms with E-state index in [2.05, 4.69) is 0 Å². The second-order valence-corrected chi connectivity index (χ2v) is 8.32. The van der Waals surface area contributed by atoms with Gasteiger partial charge in [0.25, 0.3) is 0 Å². The number of carbonyl (C=O) groups excluding carboxylic acids is 3. The highest BCUT2D eigenvalue weighted by molar-refractivity contribution is 5.95. The Hall–Kier alpha value is -2.57. The van der Waals surface area contributed by atoms with Crippen LogP contribution in [0.25, 0.3) is 0 Å². The largest absolute Gasteiger partial charge is 0.472 e. The van der Waals surface area contributed by atoms with Gasteiger partial charge in [-0.25, -0.2) is 4.79 Å². The van der Waals surface area contributed by atoms with Gasteiger partial charge in [0.15, 0.2) is 0 Å². The second-order valence-electron chi connectivity index (χ2n) is 8.32. The van der Waals surface area contributed by atoms with Gasteiger partial charge in [0, 0.05) is 24.8 Å². The van der Waals surface area contributed by atoms with Crippen molar-refractivity contribution in [1.82, 2.24) is 0 Å². The van der Waals surface area contributed by atoms with Crippen molar-refractivity contribution in [2.24, 2.45) is 17.3 Å². The minimum Gasteiger partial charge on any atom is -0.472 e. The average Bonchev–Trinajstić information content (AvgIpc) is 3.34. The molecule has 5 rings (SSSR count). The molecule has 3 heterocycles. The molecule has 6 atom stereocenters. The van der Waals surface area contributed by atoms with E-state index in [-0.39, 0.29) is 30.0 Å². The zero-order chi connectivity index (χ0) is 19.6. The van der Waals surface area contributed by atoms with Crippen LogP contribution < -0.4 is 0 Å². The highest BCUT2D eigenvalue weighted by Gasteiger charge is 2.65. The molecule has 148 valence electrons. The Morgan fingerprint density at radius 1 is 1.21 bits per heavy atom. The molecule has 2 aliphatic heterocycles. The normalized spacial score (nSPS) is 39.0. The third kappa shape index (κ3) is 2.25. The Bertz CT molecular complexity index is 883. The quantitative estimate of drug-likeness (QED) is 0.570. The van der Waals surface area contributed by atoms with Gasteiger partial charge in [0.2, 0.25) is 0 Å². The summed E-state index contributed by atoms with van der Waals surface area (Å²) in [5.41, 5.74) is 1.45. The van der Waals surface area contributed by atoms with Gasteiger partial charge in [-0.1, -0.05) is 6.92 Å². The highest BCUT2D eigenvalue weighted by Crippen LogP contribution is 2.62. The van der Waals surface area contributed by atoms with Gasteiger partial charge in [0.1, 0.15) is 18.3 Å². The summed E-state index contributed by atoms with van der Waals surface area (Å²) < 4.78 is 22.0. The smallest absolute Gasteiger partial charge is 0.338 e. The van der Waals surface area contributed by atoms with E-state index >= 15 is 0 Å². The Morgan fingerprint density at radius 3 is 2.75 bits per heavy atom. The summed E-state index contributed by atoms with van der Waals surface area (Å²) in [6, 6.07) is 1.82. The number of rotatable bonds is 2. The average molecular weight is 386 g/mol. The van der Waals surface area contributed by atoms with E-state index < -0.39 is 23.5 Å². The molecule has 0 N–H and O–H groups in total. The molecule has 1 saturated carbocycles. The van der Waals surface area contributed by atoms with Crippen LogP contribution in [0, 0.1) is 17.3 Å². The molecular weight excluding hydrogens is 364 g/mol. The van der Waals surface area contributed by atoms with Gasteiger partial charge in [-0.3, -0.25) is 9.59 Å². The maximum Gasteiger partial charge on any atom is 0.338 e. The summed E-state index contributed by atoms with van der Waals surface area (Å²) in [5.74, 6) is -1.19. The Balaban J connectivity index is 1.57. The van der Waals surface area contributed by atoms with Crippen molar-refractivity contribution in [2.75, 3.05) is 0 Å². The zero-order valence-corrected chi connectivity index (χ0v) is 15.8. The number of furan rings is 1. The van der Waals surface area contributed by atoms with E-state index in [1.54, 1.807) is 12.5 Å². The van der Waals surface area contributed by atoms with Crippen LogP contribution in [0.4, 0.5) is 0 Å². The third-order valence-electron chi connectivity index (χ3n) is 6.99. The number of cyclic esters (lactones) is 1. The van der Waals surface area contributed by atoms with Crippen LogP contribution in [0.15, 0.2) is 34.2 Å². The molecule has 28 heavy (non-hydrogen) atoms. The summed E-state index contributed by atoms with van der Waals surface area (Å²) in [7, 11) is 0. The van der Waals surface area contributed by atoms with Crippen LogP contribution >= 0.6 is 0 Å². The van der Waals surface area contributed by atoms with E-state index in [4.69, 9.17) is 18.6 Å². The molecule has 1 aromatic heterocycles. The topological polar surface area (TPSA) is 92.0 Å². The monoisotopic (exact) mass is 386 g/mol. The summed E-state index contributed by atoms with van der Waals surface area (Å²) in [4.78, 5) is 37.3. The minimum atomic E-state index is -0.700. The molecule has 0 aromatic carbocycles. The maximum atomic E-state index is 13.2. The first-order chi connectivity index (χ1) is 13.4. The van der Waals surface area contributed by atoms with E-state index in [9.17, 15) is 14.4 Å². The van der Waals surface area contributed by atoms with Gasteiger partial charge in [-0.05, 0) is 36.8 Å². The Kier molecular flexibility index (Phi) is 3.73. The van der Waals surface area contributed by atoms with Crippen LogP contribution in [0.1, 0.15) is 51.2 Å². The molecule has 2 fully saturated rings. The first-order valence-electron chi connectivity index (χ1n) is 9.77. The van der Waals surface area contributed by atoms with Crippen LogP contribution in [-0.4, -0.2) is 30.1 Å². The molecule has 4 aliphatic rings. The van der Waals surface area contributed by atoms with Gasteiger partial charge < -0.3 is 18.6 Å². The third-order valence-corrected chi connectivity index (χ3v) is 6.99. The molecule has 6 unspecified atom stereocenters. The fourth-order valence-electron chi connectivity index (χ4n) is 5.80. The summed E-state index contributed by atoms with van der Waals surface area (Å²) >= 11 is 0. The highest BCUT2D eigenvalue weighted by atomic mass is 16.6. The van der Waals surface area contributed by atoms with E-state index in [0.717, 1.165) is 11.1 Å². The molecule has 0 amide bonds. The van der Waals surface area contributed by atoms with E-state index in [1.807, 2.05) is 13.0 Å². The van der Waals surface area contributed by atoms with E-state index in [0.29, 0.717) is 31.3 Å². The number of esters is 3. The first kappa shape index (κ1) is 17.5. The van der Waals surface area contributed by atoms with Gasteiger partial charge in [-0.15, -0.1) is 0 Å². The number of hydrogen-bond donors (Lipinski definition) is 0. The van der Waals surface area contributed by atoms with Crippen molar-refractivity contribution in [3.8, 4) is 0 Å². The molecule has 7 heteroatoms. The lowest BCUT2D eigenvalue weighted by molar-refractivity contribution is -0.157. The number of fused-ring (bicyclic) bond motifs is 1. The Labute approximate surface area is 162 Å². The number of carbonyl (C=O) groups is 3. The summed E-state index contributed by atoms with van der Waals surface area (Å²) in [6.07, 6.45) is 4.18. The molecule has 0 radical (unpaired) electrons. The standard InChI is InChI=1S/C21H22O7/c1-10-7-15-17-13(3-4-14(26-11(2)22)18(17)19(23)27-15)21(10)8-16(28-20(21)24)12-5-6-25-9-12/h5-6,9-10,13-16H,3-4,7-8H2,1-2H3. The molecule has 1 aromatic rings. The SMILES string of the molecule is CC(=O)OC1CCC2C3=C1C(=O)OC3CC(C)C21CC(c2ccoc2)OC1=O. The molecule has 0 bridgehead atoms. The van der Waals surface area contributed by atoms with Crippen molar-refractivity contribution in [3.05, 3.63) is 35.3 Å². The van der Waals surface area contributed by atoms with Crippen molar-refractivity contribution < 1.29 is 33.0 Å². The van der Waals surface area contributed by atoms with Gasteiger partial charge in [-0.2, -0.15) is 0 Å². The molecule has 2 aliphatic carbocycles. The van der Waals surface area contributed by atoms with Crippen molar-refractivity contribution in [3.63, 3.8) is 0 Å². The fourth-order valence-corrected chi connectivity index (χ4v) is 5.80. The number of hydrogen-bond acceptors (Lipinski definition) is 7. The van der Waals surface area contributed by atoms with Crippen molar-refractivity contribution >= 4 is 17.9 Å². The lowest BCUT2D eigenvalue weighted by Gasteiger charge is -2.47. The van der Waals surface area contributed by atoms with Crippen LogP contribution in [0.5, 0.6) is 0 Å². The van der Waals surface area contributed by atoms with E-state index in [1.165, 1.54) is 6.92 Å². The maximum absolute atomic E-state index is 13.2. The number of ether oxygens (including phenoxy) is 3. The van der Waals surface area contributed by atoms with Crippen LogP contribution in [0.2, 0.25) is 0 Å². The van der Waals surface area contributed by atoms with Crippen LogP contribution in [-0.2, 0) is 28.6 Å². The van der Waals surface area contributed by atoms with Crippen LogP contribution in [0.3, 0.4) is 0 Å². The molecule has 1 spiro atoms. The van der Waals surface area contributed by atoms with Gasteiger partial charge >= 0.3 is 17.9 Å². The van der Waals surface area contributed by atoms with Crippen molar-refractivity contribution in [1.29, 1.82) is 0 Å². The predicted molar refractivity (Wildman–Crippen MR) is 93.6 cm³/mol. The zero-order valence-electron chi connectivity index (χ0n) is 15.8. The lowest BCUT2D eigenvalue weighted by Crippen LogP contribution is -2.50. The molecular formula is C21H22O7. The van der Waals surface area contributed by atoms with Crippen molar-refractivity contribution in [2.45, 2.75) is 57.8 Å². The summed E-state index contributed by atoms with van der Waals surface area (Å²) in [6.45, 7) is 3.38. The lowest BCUT2D eigenvalue weighted by atomic mass is 9.53. The summed E-state index contributed by atoms with van der Waals surface area (Å²) in [5, 5.41) is 0. The van der Waals surface area contributed by atoms with Gasteiger partial charge in [0.05, 0.1) is 23.5 Å². The first-order valence-corrected chi connectivity index (χ1v) is 9.77. The molecule has 1 saturated heterocycles. The molecule has 7 nitrogen and oxygen atoms in total. The second kappa shape index (κ2) is 5.96. The minimum absolute atomic E-state index is 0.00748. The predicted octanol–water partition coefficient (Wildman–Crippen LogP) is 2.86. The fraction of sp³-hybridized carbons (Fsp3) is 0.571. The Morgan fingerprint density at radius 2 is 2.04 bits per heavy atom.